The third-order valence-corrected chi connectivity index (χ3v) is 4.28. The highest BCUT2D eigenvalue weighted by molar-refractivity contribution is 6.40. The molecule has 0 fully saturated rings. The molecule has 0 saturated heterocycles. The highest BCUT2D eigenvalue weighted by Crippen LogP contribution is 2.44. The maximum absolute atomic E-state index is 13.6. The van der Waals surface area contributed by atoms with Crippen LogP contribution in [0.1, 0.15) is 11.1 Å². The topological polar surface area (TPSA) is 49.3 Å². The van der Waals surface area contributed by atoms with Gasteiger partial charge in [-0.15, -0.1) is 0 Å². The SMILES string of the molecule is COc1cc(C)c(C=C2C(C(F)F)=C(Cl)C=NC2OC)c(OC)c1OC. The number of nitrogens with zero attached hydrogens (tertiary/aromatic N) is 1. The maximum atomic E-state index is 13.6. The fraction of sp³-hybridized carbons (Fsp3) is 0.389. The van der Waals surface area contributed by atoms with E-state index in [9.17, 15) is 8.78 Å². The van der Waals surface area contributed by atoms with E-state index >= 15 is 0 Å². The predicted molar refractivity (Wildman–Crippen MR) is 97.0 cm³/mol. The van der Waals surface area contributed by atoms with E-state index in [2.05, 4.69) is 4.99 Å². The fourth-order valence-electron chi connectivity index (χ4n) is 2.76. The highest BCUT2D eigenvalue weighted by Gasteiger charge is 2.30. The Morgan fingerprint density at radius 3 is 2.27 bits per heavy atom. The molecule has 1 aliphatic heterocycles. The van der Waals surface area contributed by atoms with Crippen molar-refractivity contribution < 1.29 is 27.7 Å². The average molecular weight is 388 g/mol. The van der Waals surface area contributed by atoms with Crippen LogP contribution in [0.4, 0.5) is 8.78 Å². The van der Waals surface area contributed by atoms with E-state index in [1.807, 2.05) is 0 Å². The van der Waals surface area contributed by atoms with Gasteiger partial charge in [-0.3, -0.25) is 4.99 Å². The summed E-state index contributed by atoms with van der Waals surface area (Å²) in [4.78, 5) is 4.07. The lowest BCUT2D eigenvalue weighted by Crippen LogP contribution is -2.21. The zero-order chi connectivity index (χ0) is 19.4. The summed E-state index contributed by atoms with van der Waals surface area (Å²) in [5, 5.41) is -0.128. The number of ether oxygens (including phenoxy) is 4. The molecule has 5 nitrogen and oxygen atoms in total. The van der Waals surface area contributed by atoms with Crippen molar-refractivity contribution >= 4 is 23.9 Å². The molecule has 0 radical (unpaired) electrons. The van der Waals surface area contributed by atoms with Crippen LogP contribution < -0.4 is 14.2 Å². The van der Waals surface area contributed by atoms with Crippen LogP contribution in [-0.4, -0.2) is 47.3 Å². The third kappa shape index (κ3) is 3.68. The first-order valence-electron chi connectivity index (χ1n) is 7.64. The molecule has 1 heterocycles. The number of aryl methyl sites for hydroxylation is 1. The van der Waals surface area contributed by atoms with Crippen molar-refractivity contribution in [3.05, 3.63) is 33.4 Å². The van der Waals surface area contributed by atoms with Gasteiger partial charge in [0.05, 0.1) is 26.4 Å². The Balaban J connectivity index is 2.76. The van der Waals surface area contributed by atoms with E-state index < -0.39 is 12.7 Å². The molecule has 1 aliphatic rings. The number of methoxy groups -OCH3 is 4. The van der Waals surface area contributed by atoms with Crippen molar-refractivity contribution in [2.45, 2.75) is 19.6 Å². The molecule has 2 rings (SSSR count). The number of allylic oxidation sites excluding steroid dienone is 1. The lowest BCUT2D eigenvalue weighted by Gasteiger charge is -2.23. The minimum atomic E-state index is -2.79. The number of rotatable bonds is 6. The van der Waals surface area contributed by atoms with Crippen molar-refractivity contribution in [1.82, 2.24) is 0 Å². The molecule has 26 heavy (non-hydrogen) atoms. The molecule has 142 valence electrons. The molecular formula is C18H20ClF2NO4. The number of halogens is 3. The van der Waals surface area contributed by atoms with Gasteiger partial charge in [-0.05, 0) is 24.6 Å². The summed E-state index contributed by atoms with van der Waals surface area (Å²) in [6.07, 6.45) is -0.985. The van der Waals surface area contributed by atoms with Gasteiger partial charge in [-0.2, -0.15) is 0 Å². The highest BCUT2D eigenvalue weighted by atomic mass is 35.5. The predicted octanol–water partition coefficient (Wildman–Crippen LogP) is 4.22. The van der Waals surface area contributed by atoms with Crippen LogP contribution in [-0.2, 0) is 4.74 Å². The minimum absolute atomic E-state index is 0.128. The van der Waals surface area contributed by atoms with Crippen LogP contribution in [0.25, 0.3) is 6.08 Å². The largest absolute Gasteiger partial charge is 0.493 e. The molecular weight excluding hydrogens is 368 g/mol. The Morgan fingerprint density at radius 1 is 1.12 bits per heavy atom. The van der Waals surface area contributed by atoms with Crippen molar-refractivity contribution in [2.75, 3.05) is 28.4 Å². The first-order chi connectivity index (χ1) is 12.4. The molecule has 1 unspecified atom stereocenters. The van der Waals surface area contributed by atoms with E-state index in [0.717, 1.165) is 5.56 Å². The smallest absolute Gasteiger partial charge is 0.265 e. The molecule has 1 atom stereocenters. The second-order valence-electron chi connectivity index (χ2n) is 5.40. The van der Waals surface area contributed by atoms with Gasteiger partial charge in [-0.25, -0.2) is 8.78 Å². The Bertz CT molecular complexity index is 775. The van der Waals surface area contributed by atoms with Crippen LogP contribution in [0.5, 0.6) is 17.2 Å². The van der Waals surface area contributed by atoms with Gasteiger partial charge in [0.15, 0.2) is 17.7 Å². The summed E-state index contributed by atoms with van der Waals surface area (Å²) in [7, 11) is 5.82. The van der Waals surface area contributed by atoms with E-state index in [4.69, 9.17) is 30.5 Å². The molecule has 0 N–H and O–H groups in total. The first-order valence-corrected chi connectivity index (χ1v) is 8.02. The molecule has 1 aromatic carbocycles. The number of aliphatic imine (C=N–C) groups is 1. The van der Waals surface area contributed by atoms with Crippen molar-refractivity contribution in [3.8, 4) is 17.2 Å². The number of dihydropyridines is 1. The van der Waals surface area contributed by atoms with Crippen LogP contribution in [0.3, 0.4) is 0 Å². The van der Waals surface area contributed by atoms with Crippen LogP contribution in [0.2, 0.25) is 0 Å². The molecule has 0 aromatic heterocycles. The number of alkyl halides is 2. The molecule has 0 aliphatic carbocycles. The van der Waals surface area contributed by atoms with E-state index in [0.29, 0.717) is 22.8 Å². The second kappa shape index (κ2) is 8.51. The van der Waals surface area contributed by atoms with E-state index in [1.54, 1.807) is 13.0 Å². The lowest BCUT2D eigenvalue weighted by molar-refractivity contribution is 0.131. The summed E-state index contributed by atoms with van der Waals surface area (Å²) in [6.45, 7) is 1.80. The van der Waals surface area contributed by atoms with Gasteiger partial charge < -0.3 is 18.9 Å². The zero-order valence-electron chi connectivity index (χ0n) is 15.1. The van der Waals surface area contributed by atoms with Gasteiger partial charge in [0.25, 0.3) is 6.43 Å². The summed E-state index contributed by atoms with van der Waals surface area (Å²) in [6, 6.07) is 1.73. The molecule has 1 aromatic rings. The standard InChI is InChI=1S/C18H20ClF2NO4/c1-9-6-13(23-2)16(25-4)15(24-3)10(9)7-11-14(17(20)21)12(19)8-22-18(11)26-5/h6-8,17-18H,1-5H3. The van der Waals surface area contributed by atoms with E-state index in [1.165, 1.54) is 40.7 Å². The van der Waals surface area contributed by atoms with Gasteiger partial charge in [0.2, 0.25) is 5.75 Å². The minimum Gasteiger partial charge on any atom is -0.493 e. The molecule has 0 spiro atoms. The zero-order valence-corrected chi connectivity index (χ0v) is 15.9. The molecule has 0 bridgehead atoms. The third-order valence-electron chi connectivity index (χ3n) is 3.97. The summed E-state index contributed by atoms with van der Waals surface area (Å²) in [5.41, 5.74) is 1.11. The van der Waals surface area contributed by atoms with Gasteiger partial charge in [0, 0.05) is 30.0 Å². The van der Waals surface area contributed by atoms with Gasteiger partial charge in [0.1, 0.15) is 0 Å². The number of benzene rings is 1. The Morgan fingerprint density at radius 2 is 1.77 bits per heavy atom. The number of hydrogen-bond donors (Lipinski definition) is 0. The molecule has 0 amide bonds. The summed E-state index contributed by atoms with van der Waals surface area (Å²) >= 11 is 5.96. The Hall–Kier alpha value is -2.12. The Labute approximate surface area is 155 Å². The van der Waals surface area contributed by atoms with Crippen LogP contribution >= 0.6 is 11.6 Å². The maximum Gasteiger partial charge on any atom is 0.265 e. The fourth-order valence-corrected chi connectivity index (χ4v) is 3.00. The molecule has 0 saturated carbocycles. The first kappa shape index (κ1) is 20.2. The lowest BCUT2D eigenvalue weighted by atomic mass is 9.96. The van der Waals surface area contributed by atoms with Crippen molar-refractivity contribution in [1.29, 1.82) is 0 Å². The Kier molecular flexibility index (Phi) is 6.61. The monoisotopic (exact) mass is 387 g/mol. The second-order valence-corrected chi connectivity index (χ2v) is 5.81. The van der Waals surface area contributed by atoms with Gasteiger partial charge in [-0.1, -0.05) is 11.6 Å². The average Bonchev–Trinajstić information content (AvgIpc) is 2.62. The van der Waals surface area contributed by atoms with Crippen molar-refractivity contribution in [2.24, 2.45) is 4.99 Å². The van der Waals surface area contributed by atoms with Gasteiger partial charge >= 0.3 is 0 Å². The van der Waals surface area contributed by atoms with Crippen LogP contribution in [0.15, 0.2) is 27.2 Å². The summed E-state index contributed by atoms with van der Waals surface area (Å²) < 4.78 is 48.6. The normalized spacial score (nSPS) is 18.7. The van der Waals surface area contributed by atoms with Crippen molar-refractivity contribution in [3.63, 3.8) is 0 Å². The quantitative estimate of drug-likeness (QED) is 0.733. The molecule has 8 heteroatoms. The number of hydrogen-bond acceptors (Lipinski definition) is 5. The van der Waals surface area contributed by atoms with E-state index in [-0.39, 0.29) is 16.2 Å². The summed E-state index contributed by atoms with van der Waals surface area (Å²) in [5.74, 6) is 1.18. The van der Waals surface area contributed by atoms with Crippen LogP contribution in [0, 0.1) is 6.92 Å².